The van der Waals surface area contributed by atoms with E-state index in [2.05, 4.69) is 22.0 Å². The van der Waals surface area contributed by atoms with Crippen molar-refractivity contribution in [1.82, 2.24) is 0 Å². The smallest absolute Gasteiger partial charge is 0.0711 e. The third-order valence-electron chi connectivity index (χ3n) is 1.48. The number of benzene rings is 1. The van der Waals surface area contributed by atoms with Crippen molar-refractivity contribution < 1.29 is 0 Å². The molecule has 1 heterocycles. The fourth-order valence-corrected chi connectivity index (χ4v) is 2.84. The first-order valence-electron chi connectivity index (χ1n) is 3.11. The Hall–Kier alpha value is -0.0500. The van der Waals surface area contributed by atoms with E-state index in [1.165, 1.54) is 4.70 Å². The van der Waals surface area contributed by atoms with Crippen LogP contribution in [0.15, 0.2) is 28.1 Å². The van der Waals surface area contributed by atoms with E-state index in [4.69, 9.17) is 11.6 Å². The van der Waals surface area contributed by atoms with Crippen molar-refractivity contribution in [3.05, 3.63) is 33.1 Å². The van der Waals surface area contributed by atoms with E-state index in [0.29, 0.717) is 0 Å². The third-order valence-corrected chi connectivity index (χ3v) is 3.41. The molecule has 0 nitrogen and oxygen atoms in total. The SMILES string of the molecule is Clc1cccc2sc(Br)cc12. The van der Waals surface area contributed by atoms with Crippen molar-refractivity contribution in [1.29, 1.82) is 0 Å². The highest BCUT2D eigenvalue weighted by Crippen LogP contribution is 2.33. The summed E-state index contributed by atoms with van der Waals surface area (Å²) in [6, 6.07) is 7.98. The summed E-state index contributed by atoms with van der Waals surface area (Å²) < 4.78 is 2.35. The van der Waals surface area contributed by atoms with Gasteiger partial charge in [0.2, 0.25) is 0 Å². The number of fused-ring (bicyclic) bond motifs is 1. The van der Waals surface area contributed by atoms with Gasteiger partial charge >= 0.3 is 0 Å². The topological polar surface area (TPSA) is 0 Å². The van der Waals surface area contributed by atoms with Crippen molar-refractivity contribution in [3.63, 3.8) is 0 Å². The van der Waals surface area contributed by atoms with E-state index in [1.54, 1.807) is 11.3 Å². The van der Waals surface area contributed by atoms with Crippen LogP contribution in [0.3, 0.4) is 0 Å². The molecule has 0 bridgehead atoms. The van der Waals surface area contributed by atoms with Gasteiger partial charge in [-0.3, -0.25) is 0 Å². The van der Waals surface area contributed by atoms with Crippen molar-refractivity contribution in [3.8, 4) is 0 Å². The van der Waals surface area contributed by atoms with E-state index in [9.17, 15) is 0 Å². The fourth-order valence-electron chi connectivity index (χ4n) is 0.994. The highest BCUT2D eigenvalue weighted by atomic mass is 79.9. The van der Waals surface area contributed by atoms with Gasteiger partial charge in [-0.1, -0.05) is 17.7 Å². The van der Waals surface area contributed by atoms with Gasteiger partial charge < -0.3 is 0 Å². The summed E-state index contributed by atoms with van der Waals surface area (Å²) in [6.07, 6.45) is 0. The molecular weight excluding hydrogens is 244 g/mol. The van der Waals surface area contributed by atoms with Gasteiger partial charge in [-0.25, -0.2) is 0 Å². The molecule has 2 rings (SSSR count). The van der Waals surface area contributed by atoms with E-state index < -0.39 is 0 Å². The minimum absolute atomic E-state index is 0.824. The maximum Gasteiger partial charge on any atom is 0.0711 e. The molecule has 0 amide bonds. The minimum atomic E-state index is 0.824. The quantitative estimate of drug-likeness (QED) is 0.650. The molecule has 0 saturated carbocycles. The van der Waals surface area contributed by atoms with Gasteiger partial charge in [0.15, 0.2) is 0 Å². The molecule has 0 N–H and O–H groups in total. The average Bonchev–Trinajstić information content (AvgIpc) is 2.31. The predicted octanol–water partition coefficient (Wildman–Crippen LogP) is 4.32. The largest absolute Gasteiger partial charge is 0.128 e. The maximum absolute atomic E-state index is 5.96. The molecule has 0 aliphatic rings. The highest BCUT2D eigenvalue weighted by Gasteiger charge is 2.01. The molecule has 11 heavy (non-hydrogen) atoms. The van der Waals surface area contributed by atoms with Crippen LogP contribution < -0.4 is 0 Å². The van der Waals surface area contributed by atoms with Crippen molar-refractivity contribution in [2.45, 2.75) is 0 Å². The fraction of sp³-hybridized carbons (Fsp3) is 0. The Labute approximate surface area is 81.9 Å². The Morgan fingerprint density at radius 2 is 2.18 bits per heavy atom. The van der Waals surface area contributed by atoms with Gasteiger partial charge in [-0.15, -0.1) is 11.3 Å². The lowest BCUT2D eigenvalue weighted by Crippen LogP contribution is -1.62. The lowest BCUT2D eigenvalue weighted by molar-refractivity contribution is 1.84. The number of rotatable bonds is 0. The molecule has 56 valence electrons. The molecule has 1 aromatic heterocycles. The molecule has 3 heteroatoms. The summed E-state index contributed by atoms with van der Waals surface area (Å²) in [6.45, 7) is 0. The second-order valence-corrected chi connectivity index (χ2v) is 5.07. The van der Waals surface area contributed by atoms with Gasteiger partial charge in [-0.05, 0) is 34.1 Å². The van der Waals surface area contributed by atoms with Crippen LogP contribution in [0, 0.1) is 0 Å². The lowest BCUT2D eigenvalue weighted by Gasteiger charge is -1.89. The predicted molar refractivity (Wildman–Crippen MR) is 54.5 cm³/mol. The van der Waals surface area contributed by atoms with Gasteiger partial charge in [0.05, 0.1) is 3.79 Å². The van der Waals surface area contributed by atoms with Crippen LogP contribution in [-0.4, -0.2) is 0 Å². The first-order valence-corrected chi connectivity index (χ1v) is 5.10. The van der Waals surface area contributed by atoms with Crippen LogP contribution in [0.4, 0.5) is 0 Å². The number of thiophene rings is 1. The van der Waals surface area contributed by atoms with Gasteiger partial charge in [0.1, 0.15) is 0 Å². The zero-order valence-electron chi connectivity index (χ0n) is 5.47. The average molecular weight is 248 g/mol. The van der Waals surface area contributed by atoms with Crippen LogP contribution >= 0.6 is 38.9 Å². The molecule has 0 unspecified atom stereocenters. The van der Waals surface area contributed by atoms with Crippen LogP contribution in [0.1, 0.15) is 0 Å². The molecule has 0 spiro atoms. The first-order chi connectivity index (χ1) is 5.27. The Balaban J connectivity index is 2.90. The third kappa shape index (κ3) is 1.31. The van der Waals surface area contributed by atoms with Gasteiger partial charge in [0.25, 0.3) is 0 Å². The Morgan fingerprint density at radius 1 is 1.36 bits per heavy atom. The summed E-state index contributed by atoms with van der Waals surface area (Å²) in [4.78, 5) is 0. The van der Waals surface area contributed by atoms with Crippen molar-refractivity contribution >= 4 is 49.0 Å². The molecule has 0 fully saturated rings. The Morgan fingerprint density at radius 3 is 2.91 bits per heavy atom. The standard InChI is InChI=1S/C8H4BrClS/c9-8-4-5-6(10)2-1-3-7(5)11-8/h1-4H. The number of hydrogen-bond donors (Lipinski definition) is 0. The molecular formula is C8H4BrClS. The summed E-state index contributed by atoms with van der Waals surface area (Å²) in [5.74, 6) is 0. The Bertz CT molecular complexity index is 394. The first kappa shape index (κ1) is 7.59. The normalized spacial score (nSPS) is 10.7. The second kappa shape index (κ2) is 2.77. The summed E-state index contributed by atoms with van der Waals surface area (Å²) in [5.41, 5.74) is 0. The zero-order chi connectivity index (χ0) is 7.84. The second-order valence-electron chi connectivity index (χ2n) is 2.20. The number of halogens is 2. The molecule has 0 aliphatic heterocycles. The summed E-state index contributed by atoms with van der Waals surface area (Å²) >= 11 is 11.1. The van der Waals surface area contributed by atoms with Crippen LogP contribution in [0.25, 0.3) is 10.1 Å². The van der Waals surface area contributed by atoms with Crippen molar-refractivity contribution in [2.24, 2.45) is 0 Å². The molecule has 0 radical (unpaired) electrons. The maximum atomic E-state index is 5.96. The minimum Gasteiger partial charge on any atom is -0.128 e. The summed E-state index contributed by atoms with van der Waals surface area (Å²) in [7, 11) is 0. The summed E-state index contributed by atoms with van der Waals surface area (Å²) in [5, 5.41) is 1.95. The zero-order valence-corrected chi connectivity index (χ0v) is 8.63. The molecule has 0 aliphatic carbocycles. The molecule has 0 saturated heterocycles. The highest BCUT2D eigenvalue weighted by molar-refractivity contribution is 9.11. The van der Waals surface area contributed by atoms with E-state index in [-0.39, 0.29) is 0 Å². The molecule has 0 atom stereocenters. The number of hydrogen-bond acceptors (Lipinski definition) is 1. The molecule has 2 aromatic rings. The Kier molecular flexibility index (Phi) is 1.91. The van der Waals surface area contributed by atoms with Crippen molar-refractivity contribution in [2.75, 3.05) is 0 Å². The van der Waals surface area contributed by atoms with Gasteiger partial charge in [0, 0.05) is 15.1 Å². The van der Waals surface area contributed by atoms with E-state index >= 15 is 0 Å². The monoisotopic (exact) mass is 246 g/mol. The van der Waals surface area contributed by atoms with E-state index in [1.807, 2.05) is 18.2 Å². The van der Waals surface area contributed by atoms with Gasteiger partial charge in [-0.2, -0.15) is 0 Å². The van der Waals surface area contributed by atoms with Crippen LogP contribution in [0.2, 0.25) is 5.02 Å². The van der Waals surface area contributed by atoms with E-state index in [0.717, 1.165) is 14.2 Å². The van der Waals surface area contributed by atoms with Crippen LogP contribution in [0.5, 0.6) is 0 Å². The molecule has 1 aromatic carbocycles. The lowest BCUT2D eigenvalue weighted by atomic mass is 10.3. The van der Waals surface area contributed by atoms with Crippen LogP contribution in [-0.2, 0) is 0 Å².